The van der Waals surface area contributed by atoms with Crippen LogP contribution in [0.25, 0.3) is 22.3 Å². The van der Waals surface area contributed by atoms with Crippen molar-refractivity contribution in [2.75, 3.05) is 7.11 Å². The van der Waals surface area contributed by atoms with Gasteiger partial charge in [0.05, 0.1) is 7.11 Å². The zero-order valence-electron chi connectivity index (χ0n) is 12.9. The number of hydrogen-bond acceptors (Lipinski definition) is 6. The summed E-state index contributed by atoms with van der Waals surface area (Å²) in [6.07, 6.45) is -1.28. The summed E-state index contributed by atoms with van der Waals surface area (Å²) in [4.78, 5) is 23.3. The van der Waals surface area contributed by atoms with Crippen LogP contribution in [0.4, 0.5) is 9.18 Å². The highest BCUT2D eigenvalue weighted by Crippen LogP contribution is 2.39. The summed E-state index contributed by atoms with van der Waals surface area (Å²) in [5.41, 5.74) is 5.32. The van der Waals surface area contributed by atoms with E-state index in [1.54, 1.807) is 0 Å². The van der Waals surface area contributed by atoms with Crippen molar-refractivity contribution < 1.29 is 33.0 Å². The van der Waals surface area contributed by atoms with Crippen LogP contribution in [0.2, 0.25) is 0 Å². The van der Waals surface area contributed by atoms with Crippen molar-refractivity contribution in [3.63, 3.8) is 0 Å². The van der Waals surface area contributed by atoms with Gasteiger partial charge in [0.25, 0.3) is 0 Å². The van der Waals surface area contributed by atoms with Crippen LogP contribution >= 0.6 is 0 Å². The highest BCUT2D eigenvalue weighted by molar-refractivity contribution is 6.11. The summed E-state index contributed by atoms with van der Waals surface area (Å²) in [5, 5.41) is 10.1. The molecule has 0 aliphatic heterocycles. The maximum Gasteiger partial charge on any atom is 0.412 e. The molecule has 1 amide bonds. The quantitative estimate of drug-likeness (QED) is 0.557. The molecule has 3 rings (SSSR count). The van der Waals surface area contributed by atoms with Gasteiger partial charge in [-0.25, -0.2) is 14.0 Å². The number of hydrogen-bond donors (Lipinski definition) is 2. The van der Waals surface area contributed by atoms with Crippen molar-refractivity contribution in [2.45, 2.75) is 0 Å². The average molecular weight is 345 g/mol. The number of esters is 1. The molecule has 3 aromatic rings. The fourth-order valence-corrected chi connectivity index (χ4v) is 2.43. The standard InChI is InChI=1S/C17H12FNO6/c1-23-13-6-10-12(7-11(13)20)24-15(8-2-4-9(18)5-3-8)14(10)16(21)25-17(19)22/h2-7,20H,1H3,(H2,19,22). The summed E-state index contributed by atoms with van der Waals surface area (Å²) in [5.74, 6) is -1.59. The number of primary amides is 1. The summed E-state index contributed by atoms with van der Waals surface area (Å²) in [6, 6.07) is 7.77. The Bertz CT molecular complexity index is 977. The SMILES string of the molecule is COc1cc2c(C(=O)OC(N)=O)c(-c3ccc(F)cc3)oc2cc1O. The Labute approximate surface area is 140 Å². The molecule has 128 valence electrons. The average Bonchev–Trinajstić information content (AvgIpc) is 2.92. The van der Waals surface area contributed by atoms with Crippen LogP contribution < -0.4 is 10.5 Å². The molecule has 0 saturated heterocycles. The van der Waals surface area contributed by atoms with E-state index in [1.807, 2.05) is 0 Å². The van der Waals surface area contributed by atoms with Gasteiger partial charge in [0.1, 0.15) is 22.7 Å². The molecule has 25 heavy (non-hydrogen) atoms. The van der Waals surface area contributed by atoms with Gasteiger partial charge in [0.2, 0.25) is 0 Å². The van der Waals surface area contributed by atoms with E-state index in [0.29, 0.717) is 5.56 Å². The normalized spacial score (nSPS) is 10.6. The lowest BCUT2D eigenvalue weighted by Crippen LogP contribution is -2.18. The fraction of sp³-hybridized carbons (Fsp3) is 0.0588. The van der Waals surface area contributed by atoms with E-state index in [-0.39, 0.29) is 33.8 Å². The number of nitrogens with two attached hydrogens (primary N) is 1. The molecule has 3 N–H and O–H groups in total. The third kappa shape index (κ3) is 2.97. The zero-order chi connectivity index (χ0) is 18.1. The molecule has 7 nitrogen and oxygen atoms in total. The number of furan rings is 1. The third-order valence-electron chi connectivity index (χ3n) is 3.49. The zero-order valence-corrected chi connectivity index (χ0v) is 12.9. The van der Waals surface area contributed by atoms with Crippen LogP contribution in [0.15, 0.2) is 40.8 Å². The smallest absolute Gasteiger partial charge is 0.412 e. The van der Waals surface area contributed by atoms with Crippen LogP contribution in [-0.4, -0.2) is 24.3 Å². The van der Waals surface area contributed by atoms with Crippen molar-refractivity contribution >= 4 is 23.0 Å². The van der Waals surface area contributed by atoms with Gasteiger partial charge in [0, 0.05) is 17.0 Å². The number of phenols is 1. The number of benzene rings is 2. The van der Waals surface area contributed by atoms with Gasteiger partial charge < -0.3 is 24.7 Å². The Kier molecular flexibility index (Phi) is 4.02. The molecule has 0 bridgehead atoms. The molecule has 0 aliphatic carbocycles. The molecule has 8 heteroatoms. The van der Waals surface area contributed by atoms with Crippen LogP contribution in [0, 0.1) is 5.82 Å². The largest absolute Gasteiger partial charge is 0.504 e. The minimum Gasteiger partial charge on any atom is -0.504 e. The lowest BCUT2D eigenvalue weighted by molar-refractivity contribution is 0.0640. The molecule has 0 atom stereocenters. The molecular weight excluding hydrogens is 333 g/mol. The van der Waals surface area contributed by atoms with Gasteiger partial charge in [0.15, 0.2) is 11.5 Å². The monoisotopic (exact) mass is 345 g/mol. The van der Waals surface area contributed by atoms with Gasteiger partial charge in [-0.15, -0.1) is 0 Å². The molecule has 2 aromatic carbocycles. The summed E-state index contributed by atoms with van der Waals surface area (Å²) < 4.78 is 28.2. The molecule has 0 unspecified atom stereocenters. The van der Waals surface area contributed by atoms with Gasteiger partial charge in [-0.3, -0.25) is 0 Å². The van der Waals surface area contributed by atoms with E-state index in [2.05, 4.69) is 4.74 Å². The number of carbonyl (C=O) groups is 2. The van der Waals surface area contributed by atoms with Gasteiger partial charge in [-0.1, -0.05) is 0 Å². The molecule has 0 spiro atoms. The Morgan fingerprint density at radius 1 is 1.20 bits per heavy atom. The number of amides is 1. The fourth-order valence-electron chi connectivity index (χ4n) is 2.43. The third-order valence-corrected chi connectivity index (χ3v) is 3.49. The maximum atomic E-state index is 13.2. The number of methoxy groups -OCH3 is 1. The van der Waals surface area contributed by atoms with Gasteiger partial charge in [-0.2, -0.15) is 0 Å². The minimum atomic E-state index is -1.28. The van der Waals surface area contributed by atoms with Gasteiger partial charge in [-0.05, 0) is 30.3 Å². The molecule has 0 saturated carbocycles. The Morgan fingerprint density at radius 2 is 1.88 bits per heavy atom. The number of carbonyl (C=O) groups excluding carboxylic acids is 2. The predicted octanol–water partition coefficient (Wildman–Crippen LogP) is 3.19. The second-order valence-electron chi connectivity index (χ2n) is 5.04. The second-order valence-corrected chi connectivity index (χ2v) is 5.04. The number of ether oxygens (including phenoxy) is 2. The number of phenolic OH excluding ortho intramolecular Hbond substituents is 1. The first-order chi connectivity index (χ1) is 11.9. The van der Waals surface area contributed by atoms with E-state index in [0.717, 1.165) is 0 Å². The lowest BCUT2D eigenvalue weighted by atomic mass is 10.1. The molecular formula is C17H12FNO6. The van der Waals surface area contributed by atoms with Crippen LogP contribution in [0.1, 0.15) is 10.4 Å². The van der Waals surface area contributed by atoms with Crippen molar-refractivity contribution in [3.05, 3.63) is 47.8 Å². The first-order valence-corrected chi connectivity index (χ1v) is 7.01. The first-order valence-electron chi connectivity index (χ1n) is 7.01. The minimum absolute atomic E-state index is 0.0360. The topological polar surface area (TPSA) is 112 Å². The maximum absolute atomic E-state index is 13.2. The number of fused-ring (bicyclic) bond motifs is 1. The van der Waals surface area contributed by atoms with E-state index in [4.69, 9.17) is 14.9 Å². The highest BCUT2D eigenvalue weighted by Gasteiger charge is 2.26. The molecule has 0 radical (unpaired) electrons. The summed E-state index contributed by atoms with van der Waals surface area (Å²) in [7, 11) is 1.34. The van der Waals surface area contributed by atoms with E-state index in [1.165, 1.54) is 43.5 Å². The van der Waals surface area contributed by atoms with Crippen molar-refractivity contribution in [2.24, 2.45) is 5.73 Å². The molecule has 0 aliphatic rings. The lowest BCUT2D eigenvalue weighted by Gasteiger charge is -2.04. The first kappa shape index (κ1) is 16.3. The highest BCUT2D eigenvalue weighted by atomic mass is 19.1. The molecule has 1 aromatic heterocycles. The van der Waals surface area contributed by atoms with E-state index >= 15 is 0 Å². The summed E-state index contributed by atoms with van der Waals surface area (Å²) >= 11 is 0. The van der Waals surface area contributed by atoms with Crippen molar-refractivity contribution in [3.8, 4) is 22.8 Å². The second kappa shape index (κ2) is 6.16. The predicted molar refractivity (Wildman–Crippen MR) is 84.8 cm³/mol. The van der Waals surface area contributed by atoms with E-state index < -0.39 is 17.9 Å². The van der Waals surface area contributed by atoms with Gasteiger partial charge >= 0.3 is 12.1 Å². The van der Waals surface area contributed by atoms with E-state index in [9.17, 15) is 19.1 Å². The Morgan fingerprint density at radius 3 is 2.48 bits per heavy atom. The van der Waals surface area contributed by atoms with Crippen LogP contribution in [0.3, 0.4) is 0 Å². The van der Waals surface area contributed by atoms with Crippen LogP contribution in [0.5, 0.6) is 11.5 Å². The summed E-state index contributed by atoms with van der Waals surface area (Å²) in [6.45, 7) is 0. The Balaban J connectivity index is 2.29. The number of rotatable bonds is 3. The number of halogens is 1. The Hall–Kier alpha value is -3.55. The van der Waals surface area contributed by atoms with Crippen molar-refractivity contribution in [1.29, 1.82) is 0 Å². The molecule has 0 fully saturated rings. The number of aromatic hydroxyl groups is 1. The van der Waals surface area contributed by atoms with Crippen molar-refractivity contribution in [1.82, 2.24) is 0 Å². The molecule has 1 heterocycles. The van der Waals surface area contributed by atoms with Crippen LogP contribution in [-0.2, 0) is 4.74 Å².